The zero-order valence-corrected chi connectivity index (χ0v) is 14.3. The number of carbonyl (C=O) groups excluding carboxylic acids is 1. The highest BCUT2D eigenvalue weighted by atomic mass is 35.5. The first kappa shape index (κ1) is 17.0. The molecule has 25 heavy (non-hydrogen) atoms. The highest BCUT2D eigenvalue weighted by molar-refractivity contribution is 6.30. The van der Waals surface area contributed by atoms with Crippen LogP contribution >= 0.6 is 11.6 Å². The third kappa shape index (κ3) is 4.82. The van der Waals surface area contributed by atoms with E-state index in [0.29, 0.717) is 17.2 Å². The Morgan fingerprint density at radius 1 is 0.920 bits per heavy atom. The zero-order chi connectivity index (χ0) is 17.5. The summed E-state index contributed by atoms with van der Waals surface area (Å²) in [7, 11) is 0. The van der Waals surface area contributed by atoms with Crippen LogP contribution in [0.5, 0.6) is 5.75 Å². The molecule has 0 spiro atoms. The lowest BCUT2D eigenvalue weighted by Gasteiger charge is -2.09. The maximum atomic E-state index is 12.2. The number of carbonyl (C=O) groups is 1. The Morgan fingerprint density at radius 3 is 2.48 bits per heavy atom. The lowest BCUT2D eigenvalue weighted by molar-refractivity contribution is 0.104. The fourth-order valence-electron chi connectivity index (χ4n) is 2.40. The third-order valence-corrected chi connectivity index (χ3v) is 3.91. The Balaban J connectivity index is 1.72. The normalized spacial score (nSPS) is 10.8. The van der Waals surface area contributed by atoms with Crippen molar-refractivity contribution in [3.63, 3.8) is 0 Å². The van der Waals surface area contributed by atoms with Crippen LogP contribution in [-0.4, -0.2) is 5.78 Å². The van der Waals surface area contributed by atoms with E-state index in [-0.39, 0.29) is 5.78 Å². The number of benzene rings is 3. The minimum Gasteiger partial charge on any atom is -0.488 e. The fourth-order valence-corrected chi connectivity index (χ4v) is 2.61. The second kappa shape index (κ2) is 8.32. The van der Waals surface area contributed by atoms with Crippen molar-refractivity contribution in [3.8, 4) is 5.75 Å². The minimum atomic E-state index is -0.0368. The maximum absolute atomic E-state index is 12.2. The summed E-state index contributed by atoms with van der Waals surface area (Å²) in [5, 5.41) is 0.683. The molecule has 0 saturated carbocycles. The van der Waals surface area contributed by atoms with Gasteiger partial charge in [0.05, 0.1) is 0 Å². The van der Waals surface area contributed by atoms with Gasteiger partial charge in [0.1, 0.15) is 12.4 Å². The number of ketones is 1. The summed E-state index contributed by atoms with van der Waals surface area (Å²) >= 11 is 6.00. The van der Waals surface area contributed by atoms with Crippen LogP contribution in [0.3, 0.4) is 0 Å². The van der Waals surface area contributed by atoms with Crippen LogP contribution in [0.1, 0.15) is 21.5 Å². The standard InChI is InChI=1S/C22H17ClO2/c23-20-11-6-7-17(15-20)16-25-22-12-5-4-10-19(22)13-14-21(24)18-8-2-1-3-9-18/h1-15H,16H2/b14-13+. The average Bonchev–Trinajstić information content (AvgIpc) is 2.66. The van der Waals surface area contributed by atoms with Gasteiger partial charge in [-0.1, -0.05) is 72.3 Å². The van der Waals surface area contributed by atoms with Gasteiger partial charge >= 0.3 is 0 Å². The van der Waals surface area contributed by atoms with Crippen molar-refractivity contribution in [1.29, 1.82) is 0 Å². The number of para-hydroxylation sites is 1. The molecule has 0 aliphatic carbocycles. The summed E-state index contributed by atoms with van der Waals surface area (Å²) in [6.07, 6.45) is 3.35. The van der Waals surface area contributed by atoms with Gasteiger partial charge in [-0.3, -0.25) is 4.79 Å². The van der Waals surface area contributed by atoms with Crippen molar-refractivity contribution in [3.05, 3.63) is 107 Å². The van der Waals surface area contributed by atoms with E-state index >= 15 is 0 Å². The molecular weight excluding hydrogens is 332 g/mol. The second-order valence-electron chi connectivity index (χ2n) is 5.52. The number of rotatable bonds is 6. The average molecular weight is 349 g/mol. The van der Waals surface area contributed by atoms with Gasteiger partial charge in [0.2, 0.25) is 0 Å². The Labute approximate surface area is 152 Å². The summed E-state index contributed by atoms with van der Waals surface area (Å²) in [4.78, 5) is 12.2. The maximum Gasteiger partial charge on any atom is 0.185 e. The highest BCUT2D eigenvalue weighted by Crippen LogP contribution is 2.22. The smallest absolute Gasteiger partial charge is 0.185 e. The van der Waals surface area contributed by atoms with Gasteiger partial charge in [-0.15, -0.1) is 0 Å². The van der Waals surface area contributed by atoms with Crippen molar-refractivity contribution < 1.29 is 9.53 Å². The van der Waals surface area contributed by atoms with E-state index in [1.165, 1.54) is 0 Å². The summed E-state index contributed by atoms with van der Waals surface area (Å²) < 4.78 is 5.90. The van der Waals surface area contributed by atoms with E-state index in [2.05, 4.69) is 0 Å². The molecule has 0 aromatic heterocycles. The minimum absolute atomic E-state index is 0.0368. The quantitative estimate of drug-likeness (QED) is 0.414. The van der Waals surface area contributed by atoms with Crippen LogP contribution in [0.25, 0.3) is 6.08 Å². The van der Waals surface area contributed by atoms with Gasteiger partial charge in [-0.2, -0.15) is 0 Å². The van der Waals surface area contributed by atoms with Gasteiger partial charge in [-0.25, -0.2) is 0 Å². The predicted molar refractivity (Wildman–Crippen MR) is 102 cm³/mol. The lowest BCUT2D eigenvalue weighted by atomic mass is 10.1. The van der Waals surface area contributed by atoms with Crippen LogP contribution in [0, 0.1) is 0 Å². The van der Waals surface area contributed by atoms with Crippen molar-refractivity contribution in [2.45, 2.75) is 6.61 Å². The Morgan fingerprint density at radius 2 is 1.68 bits per heavy atom. The Bertz CT molecular complexity index is 885. The first-order valence-corrected chi connectivity index (χ1v) is 8.34. The molecule has 0 saturated heterocycles. The number of hydrogen-bond acceptors (Lipinski definition) is 2. The van der Waals surface area contributed by atoms with Crippen LogP contribution < -0.4 is 4.74 Å². The Kier molecular flexibility index (Phi) is 5.65. The van der Waals surface area contributed by atoms with Crippen molar-refractivity contribution >= 4 is 23.5 Å². The number of ether oxygens (including phenoxy) is 1. The molecule has 3 aromatic carbocycles. The van der Waals surface area contributed by atoms with Gasteiger partial charge in [0.25, 0.3) is 0 Å². The molecule has 0 amide bonds. The Hall–Kier alpha value is -2.84. The molecule has 0 fully saturated rings. The van der Waals surface area contributed by atoms with Crippen molar-refractivity contribution in [2.24, 2.45) is 0 Å². The first-order chi connectivity index (χ1) is 12.2. The lowest BCUT2D eigenvalue weighted by Crippen LogP contribution is -1.97. The van der Waals surface area contributed by atoms with Gasteiger partial charge in [-0.05, 0) is 35.9 Å². The van der Waals surface area contributed by atoms with Gasteiger partial charge in [0.15, 0.2) is 5.78 Å². The van der Waals surface area contributed by atoms with E-state index in [0.717, 1.165) is 16.9 Å². The zero-order valence-electron chi connectivity index (χ0n) is 13.6. The topological polar surface area (TPSA) is 26.3 Å². The summed E-state index contributed by atoms with van der Waals surface area (Å²) in [5.74, 6) is 0.685. The molecule has 0 aliphatic rings. The summed E-state index contributed by atoms with van der Waals surface area (Å²) in [6, 6.07) is 24.4. The molecule has 3 rings (SSSR count). The number of allylic oxidation sites excluding steroid dienone is 1. The molecule has 0 N–H and O–H groups in total. The van der Waals surface area contributed by atoms with E-state index in [1.54, 1.807) is 24.3 Å². The molecule has 2 nitrogen and oxygen atoms in total. The van der Waals surface area contributed by atoms with Crippen molar-refractivity contribution in [1.82, 2.24) is 0 Å². The molecule has 124 valence electrons. The molecule has 0 heterocycles. The van der Waals surface area contributed by atoms with Crippen molar-refractivity contribution in [2.75, 3.05) is 0 Å². The monoisotopic (exact) mass is 348 g/mol. The summed E-state index contributed by atoms with van der Waals surface area (Å²) in [5.41, 5.74) is 2.51. The van der Waals surface area contributed by atoms with Crippen LogP contribution in [0.15, 0.2) is 84.9 Å². The van der Waals surface area contributed by atoms with Crippen LogP contribution in [0.2, 0.25) is 5.02 Å². The van der Waals surface area contributed by atoms with Gasteiger partial charge in [0, 0.05) is 16.1 Å². The van der Waals surface area contributed by atoms with Crippen LogP contribution in [-0.2, 0) is 6.61 Å². The molecule has 0 bridgehead atoms. The fraction of sp³-hybridized carbons (Fsp3) is 0.0455. The van der Waals surface area contributed by atoms with E-state index in [9.17, 15) is 4.79 Å². The SMILES string of the molecule is O=C(/C=C/c1ccccc1OCc1cccc(Cl)c1)c1ccccc1. The van der Waals surface area contributed by atoms with E-state index in [4.69, 9.17) is 16.3 Å². The number of halogens is 1. The number of hydrogen-bond donors (Lipinski definition) is 0. The largest absolute Gasteiger partial charge is 0.488 e. The second-order valence-corrected chi connectivity index (χ2v) is 5.96. The van der Waals surface area contributed by atoms with E-state index in [1.807, 2.05) is 66.7 Å². The highest BCUT2D eigenvalue weighted by Gasteiger charge is 2.04. The molecule has 3 heteroatoms. The molecule has 0 atom stereocenters. The molecule has 0 radical (unpaired) electrons. The first-order valence-electron chi connectivity index (χ1n) is 7.96. The molecule has 0 aliphatic heterocycles. The summed E-state index contributed by atoms with van der Waals surface area (Å²) in [6.45, 7) is 0.415. The van der Waals surface area contributed by atoms with E-state index < -0.39 is 0 Å². The molecule has 3 aromatic rings. The predicted octanol–water partition coefficient (Wildman–Crippen LogP) is 5.82. The molecule has 0 unspecified atom stereocenters. The van der Waals surface area contributed by atoms with Crippen LogP contribution in [0.4, 0.5) is 0 Å². The third-order valence-electron chi connectivity index (χ3n) is 3.67. The van der Waals surface area contributed by atoms with Gasteiger partial charge < -0.3 is 4.74 Å². The molecular formula is C22H17ClO2.